The van der Waals surface area contributed by atoms with Gasteiger partial charge in [-0.15, -0.1) is 0 Å². The molecule has 0 radical (unpaired) electrons. The molecule has 23 heavy (non-hydrogen) atoms. The van der Waals surface area contributed by atoms with Crippen LogP contribution in [0.2, 0.25) is 0 Å². The Hall–Kier alpha value is -1.44. The number of carbonyl (C=O) groups is 2. The van der Waals surface area contributed by atoms with Crippen LogP contribution in [-0.2, 0) is 23.1 Å². The highest BCUT2D eigenvalue weighted by molar-refractivity contribution is 7.58. The average molecular weight is 355 g/mol. The molecule has 0 aromatic rings. The number of nitrogens with one attached hydrogen (secondary N) is 1. The molecule has 0 saturated heterocycles. The van der Waals surface area contributed by atoms with Crippen molar-refractivity contribution >= 4 is 19.7 Å². The lowest BCUT2D eigenvalue weighted by Crippen LogP contribution is -2.42. The standard InChI is InChI=1S/C13H23FNO7P/c1-6-20-23(19,21-7-2)10(14)8-9(11(16)17)15-12(18)22-13(3,4)5/h8-9H,6-7H2,1-5H3,(H,15,18)(H,16,17)/t9-/m1/s1. The van der Waals surface area contributed by atoms with E-state index in [9.17, 15) is 18.5 Å². The van der Waals surface area contributed by atoms with Crippen LogP contribution in [0, 0.1) is 0 Å². The van der Waals surface area contributed by atoms with Crippen molar-refractivity contribution in [2.45, 2.75) is 46.3 Å². The highest BCUT2D eigenvalue weighted by Crippen LogP contribution is 2.56. The van der Waals surface area contributed by atoms with Crippen molar-refractivity contribution in [1.82, 2.24) is 5.32 Å². The predicted molar refractivity (Wildman–Crippen MR) is 80.8 cm³/mol. The molecule has 2 N–H and O–H groups in total. The van der Waals surface area contributed by atoms with Crippen molar-refractivity contribution in [2.24, 2.45) is 0 Å². The number of alkyl carbamates (subject to hydrolysis) is 1. The minimum absolute atomic E-state index is 0.101. The first-order valence-electron chi connectivity index (χ1n) is 6.94. The van der Waals surface area contributed by atoms with Gasteiger partial charge in [-0.3, -0.25) is 4.57 Å². The van der Waals surface area contributed by atoms with Gasteiger partial charge in [-0.25, -0.2) is 9.59 Å². The van der Waals surface area contributed by atoms with Gasteiger partial charge >= 0.3 is 19.7 Å². The van der Waals surface area contributed by atoms with Crippen LogP contribution in [-0.4, -0.2) is 42.0 Å². The van der Waals surface area contributed by atoms with Crippen LogP contribution in [0.5, 0.6) is 0 Å². The smallest absolute Gasteiger partial charge is 0.408 e. The Morgan fingerprint density at radius 2 is 1.74 bits per heavy atom. The van der Waals surface area contributed by atoms with Gasteiger partial charge in [0.25, 0.3) is 0 Å². The van der Waals surface area contributed by atoms with E-state index < -0.39 is 36.9 Å². The van der Waals surface area contributed by atoms with Crippen molar-refractivity contribution in [2.75, 3.05) is 13.2 Å². The van der Waals surface area contributed by atoms with Gasteiger partial charge in [0, 0.05) is 0 Å². The molecule has 0 bridgehead atoms. The van der Waals surface area contributed by atoms with Gasteiger partial charge in [-0.2, -0.15) is 4.39 Å². The molecule has 0 aliphatic carbocycles. The monoisotopic (exact) mass is 355 g/mol. The summed E-state index contributed by atoms with van der Waals surface area (Å²) in [5.74, 6) is -1.56. The number of rotatable bonds is 8. The number of ether oxygens (including phenoxy) is 1. The Labute approximate surface area is 134 Å². The first-order chi connectivity index (χ1) is 10.4. The summed E-state index contributed by atoms with van der Waals surface area (Å²) < 4.78 is 40.7. The third kappa shape index (κ3) is 8.11. The Morgan fingerprint density at radius 1 is 1.26 bits per heavy atom. The number of amides is 1. The molecule has 8 nitrogen and oxygen atoms in total. The summed E-state index contributed by atoms with van der Waals surface area (Å²) in [5.41, 5.74) is -2.26. The van der Waals surface area contributed by atoms with Gasteiger partial charge in [0.2, 0.25) is 5.57 Å². The van der Waals surface area contributed by atoms with Crippen LogP contribution in [0.15, 0.2) is 11.6 Å². The third-order valence-electron chi connectivity index (χ3n) is 2.10. The Balaban J connectivity index is 5.27. The van der Waals surface area contributed by atoms with Crippen LogP contribution in [0.25, 0.3) is 0 Å². The van der Waals surface area contributed by atoms with Gasteiger partial charge in [0.15, 0.2) is 6.04 Å². The largest absolute Gasteiger partial charge is 0.479 e. The zero-order valence-corrected chi connectivity index (χ0v) is 14.7. The van der Waals surface area contributed by atoms with Crippen LogP contribution in [0.4, 0.5) is 9.18 Å². The molecule has 0 fully saturated rings. The van der Waals surface area contributed by atoms with E-state index in [-0.39, 0.29) is 13.2 Å². The Kier molecular flexibility index (Phi) is 8.44. The van der Waals surface area contributed by atoms with E-state index in [1.807, 2.05) is 5.32 Å². The maximum atomic E-state index is 14.1. The average Bonchev–Trinajstić information content (AvgIpc) is 2.35. The zero-order valence-electron chi connectivity index (χ0n) is 13.8. The lowest BCUT2D eigenvalue weighted by Gasteiger charge is -2.21. The van der Waals surface area contributed by atoms with Gasteiger partial charge in [-0.1, -0.05) is 0 Å². The Bertz CT molecular complexity index is 491. The van der Waals surface area contributed by atoms with Gasteiger partial charge < -0.3 is 24.2 Å². The van der Waals surface area contributed by atoms with Crippen molar-refractivity contribution in [3.63, 3.8) is 0 Å². The Morgan fingerprint density at radius 3 is 2.09 bits per heavy atom. The van der Waals surface area contributed by atoms with E-state index in [1.54, 1.807) is 20.8 Å². The summed E-state index contributed by atoms with van der Waals surface area (Å²) in [7, 11) is -4.25. The van der Waals surface area contributed by atoms with Crippen molar-refractivity contribution in [3.05, 3.63) is 11.6 Å². The number of hydrogen-bond acceptors (Lipinski definition) is 6. The van der Waals surface area contributed by atoms with E-state index in [0.29, 0.717) is 6.08 Å². The van der Waals surface area contributed by atoms with E-state index in [1.165, 1.54) is 13.8 Å². The van der Waals surface area contributed by atoms with Crippen molar-refractivity contribution < 1.29 is 37.4 Å². The molecule has 0 aromatic heterocycles. The number of aliphatic carboxylic acids is 1. The van der Waals surface area contributed by atoms with E-state index in [0.717, 1.165) is 0 Å². The summed E-state index contributed by atoms with van der Waals surface area (Å²) in [6.07, 6.45) is -0.602. The molecule has 0 aromatic carbocycles. The van der Waals surface area contributed by atoms with Crippen LogP contribution < -0.4 is 5.32 Å². The summed E-state index contributed by atoms with van der Waals surface area (Å²) in [6, 6.07) is -1.79. The number of carbonyl (C=O) groups excluding carboxylic acids is 1. The molecule has 0 saturated carbocycles. The molecule has 1 amide bonds. The topological polar surface area (TPSA) is 111 Å². The van der Waals surface area contributed by atoms with E-state index in [4.69, 9.17) is 18.9 Å². The molecule has 0 rings (SSSR count). The molecule has 0 heterocycles. The van der Waals surface area contributed by atoms with Crippen LogP contribution in [0.3, 0.4) is 0 Å². The number of carboxylic acid groups (broad SMARTS) is 1. The lowest BCUT2D eigenvalue weighted by molar-refractivity contribution is -0.138. The molecule has 0 unspecified atom stereocenters. The first kappa shape index (κ1) is 21.6. The predicted octanol–water partition coefficient (Wildman–Crippen LogP) is 3.04. The number of hydrogen-bond donors (Lipinski definition) is 2. The summed E-state index contributed by atoms with van der Waals surface area (Å²) in [6.45, 7) is 7.50. The van der Waals surface area contributed by atoms with Crippen molar-refractivity contribution in [1.29, 1.82) is 0 Å². The first-order valence-corrected chi connectivity index (χ1v) is 8.48. The molecule has 134 valence electrons. The SMILES string of the molecule is CCOP(=O)(OCC)C(F)=C[C@@H](NC(=O)OC(C)(C)C)C(=O)O. The molecule has 0 aliphatic heterocycles. The van der Waals surface area contributed by atoms with Crippen LogP contribution >= 0.6 is 7.60 Å². The van der Waals surface area contributed by atoms with Gasteiger partial charge in [-0.05, 0) is 40.7 Å². The second-order valence-corrected chi connectivity index (χ2v) is 7.22. The fourth-order valence-electron chi connectivity index (χ4n) is 1.34. The normalized spacial score (nSPS) is 14.3. The minimum Gasteiger partial charge on any atom is -0.479 e. The minimum atomic E-state index is -4.25. The highest BCUT2D eigenvalue weighted by atomic mass is 31.2. The van der Waals surface area contributed by atoms with E-state index >= 15 is 0 Å². The second kappa shape index (κ2) is 9.00. The van der Waals surface area contributed by atoms with E-state index in [2.05, 4.69) is 0 Å². The van der Waals surface area contributed by atoms with Gasteiger partial charge in [0.05, 0.1) is 13.2 Å². The molecule has 0 spiro atoms. The zero-order chi connectivity index (χ0) is 18.3. The molecular weight excluding hydrogens is 332 g/mol. The van der Waals surface area contributed by atoms with Gasteiger partial charge in [0.1, 0.15) is 5.60 Å². The molecule has 10 heteroatoms. The second-order valence-electron chi connectivity index (χ2n) is 5.28. The number of carboxylic acids is 1. The lowest BCUT2D eigenvalue weighted by atomic mass is 10.2. The highest BCUT2D eigenvalue weighted by Gasteiger charge is 2.33. The molecular formula is C13H23FNO7P. The fraction of sp³-hybridized carbons (Fsp3) is 0.692. The molecule has 1 atom stereocenters. The quantitative estimate of drug-likeness (QED) is 0.644. The van der Waals surface area contributed by atoms with Crippen molar-refractivity contribution in [3.8, 4) is 0 Å². The van der Waals surface area contributed by atoms with Crippen LogP contribution in [0.1, 0.15) is 34.6 Å². The maximum Gasteiger partial charge on any atom is 0.408 e. The third-order valence-corrected chi connectivity index (χ3v) is 3.97. The fourth-order valence-corrected chi connectivity index (χ4v) is 2.67. The summed E-state index contributed by atoms with van der Waals surface area (Å²) >= 11 is 0. The summed E-state index contributed by atoms with van der Waals surface area (Å²) in [4.78, 5) is 22.7. The molecule has 0 aliphatic rings. The summed E-state index contributed by atoms with van der Waals surface area (Å²) in [5, 5.41) is 11.0. The number of halogens is 1. The maximum absolute atomic E-state index is 14.1.